The van der Waals surface area contributed by atoms with Crippen LogP contribution in [0.15, 0.2) is 30.3 Å². The normalized spacial score (nSPS) is 19.3. The van der Waals surface area contributed by atoms with Crippen LogP contribution in [-0.2, 0) is 5.41 Å². The van der Waals surface area contributed by atoms with Crippen LogP contribution in [-0.4, -0.2) is 0 Å². The topological polar surface area (TPSA) is 0 Å². The number of fused-ring (bicyclic) bond motifs is 2. The lowest BCUT2D eigenvalue weighted by Gasteiger charge is -2.04. The van der Waals surface area contributed by atoms with Gasteiger partial charge >= 0.3 is 0 Å². The van der Waals surface area contributed by atoms with E-state index >= 15 is 0 Å². The highest BCUT2D eigenvalue weighted by molar-refractivity contribution is 5.77. The molecule has 0 saturated carbocycles. The zero-order valence-corrected chi connectivity index (χ0v) is 5.96. The molecule has 0 unspecified atom stereocenters. The Morgan fingerprint density at radius 1 is 1.09 bits per heavy atom. The highest BCUT2D eigenvalue weighted by Crippen LogP contribution is 2.40. The maximum Gasteiger partial charge on any atom is 0.136 e. The molecule has 0 heteroatoms. The van der Waals surface area contributed by atoms with Gasteiger partial charge in [0.25, 0.3) is 0 Å². The molecule has 0 heterocycles. The summed E-state index contributed by atoms with van der Waals surface area (Å²) in [5.41, 5.74) is 2.64. The summed E-state index contributed by atoms with van der Waals surface area (Å²) >= 11 is 0. The first kappa shape index (κ1) is 5.21. The fourth-order valence-corrected chi connectivity index (χ4v) is 1.59. The standard InChI is InChI=1S/C11H6/c1-2-4-10-9(3-1)5-6-11(10)7-8-11/h1-6H. The average Bonchev–Trinajstić information content (AvgIpc) is 2.72. The monoisotopic (exact) mass is 138 g/mol. The Labute approximate surface area is 65.6 Å². The first-order valence-electron chi connectivity index (χ1n) is 3.74. The second-order valence-corrected chi connectivity index (χ2v) is 2.98. The lowest BCUT2D eigenvalue weighted by Crippen LogP contribution is -2.03. The number of hydrogen-bond acceptors (Lipinski definition) is 0. The predicted octanol–water partition coefficient (Wildman–Crippen LogP) is 1.97. The molecular formula is C11H6. The van der Waals surface area contributed by atoms with Gasteiger partial charge in [0.15, 0.2) is 0 Å². The third-order valence-electron chi connectivity index (χ3n) is 2.29. The minimum atomic E-state index is -0.00338. The summed E-state index contributed by atoms with van der Waals surface area (Å²) in [6, 6.07) is 8.39. The minimum absolute atomic E-state index is 0.00338. The molecule has 0 aromatic heterocycles. The van der Waals surface area contributed by atoms with Crippen molar-refractivity contribution < 1.29 is 0 Å². The molecule has 50 valence electrons. The van der Waals surface area contributed by atoms with Gasteiger partial charge in [0, 0.05) is 0 Å². The lowest BCUT2D eigenvalue weighted by atomic mass is 9.95. The van der Waals surface area contributed by atoms with Crippen molar-refractivity contribution in [2.45, 2.75) is 5.41 Å². The van der Waals surface area contributed by atoms with Crippen LogP contribution in [0.5, 0.6) is 0 Å². The molecule has 2 aliphatic carbocycles. The second-order valence-electron chi connectivity index (χ2n) is 2.98. The van der Waals surface area contributed by atoms with Gasteiger partial charge < -0.3 is 0 Å². The number of hydrogen-bond donors (Lipinski definition) is 0. The smallest absolute Gasteiger partial charge is 0.0718 e. The van der Waals surface area contributed by atoms with E-state index in [0.29, 0.717) is 0 Å². The van der Waals surface area contributed by atoms with Gasteiger partial charge in [0.1, 0.15) is 5.41 Å². The Bertz CT molecular complexity index is 405. The van der Waals surface area contributed by atoms with Gasteiger partial charge in [-0.25, -0.2) is 0 Å². The van der Waals surface area contributed by atoms with Crippen LogP contribution in [0.2, 0.25) is 0 Å². The summed E-state index contributed by atoms with van der Waals surface area (Å²) in [4.78, 5) is 0. The van der Waals surface area contributed by atoms with Gasteiger partial charge in [-0.1, -0.05) is 42.2 Å². The molecule has 1 aromatic carbocycles. The van der Waals surface area contributed by atoms with Crippen LogP contribution >= 0.6 is 0 Å². The SMILES string of the molecule is C1#CC12C=Cc1ccccc12. The molecule has 0 atom stereocenters. The Hall–Kier alpha value is -1.48. The van der Waals surface area contributed by atoms with E-state index in [-0.39, 0.29) is 5.41 Å². The second kappa shape index (κ2) is 1.40. The zero-order valence-electron chi connectivity index (χ0n) is 5.96. The van der Waals surface area contributed by atoms with Crippen molar-refractivity contribution in [1.29, 1.82) is 0 Å². The highest BCUT2D eigenvalue weighted by Gasteiger charge is 2.37. The van der Waals surface area contributed by atoms with E-state index in [4.69, 9.17) is 0 Å². The third kappa shape index (κ3) is 0.515. The van der Waals surface area contributed by atoms with Crippen LogP contribution in [0.1, 0.15) is 11.1 Å². The summed E-state index contributed by atoms with van der Waals surface area (Å²) in [5.74, 6) is 6.26. The minimum Gasteiger partial charge on any atom is -0.0718 e. The van der Waals surface area contributed by atoms with E-state index < -0.39 is 0 Å². The molecule has 0 nitrogen and oxygen atoms in total. The van der Waals surface area contributed by atoms with Crippen LogP contribution in [0.25, 0.3) is 6.08 Å². The van der Waals surface area contributed by atoms with E-state index in [1.807, 2.05) is 0 Å². The first-order valence-corrected chi connectivity index (χ1v) is 3.74. The largest absolute Gasteiger partial charge is 0.136 e. The van der Waals surface area contributed by atoms with Crippen molar-refractivity contribution in [2.75, 3.05) is 0 Å². The van der Waals surface area contributed by atoms with Crippen molar-refractivity contribution >= 4 is 6.08 Å². The fraction of sp³-hybridized carbons (Fsp3) is 0.0909. The molecule has 0 bridgehead atoms. The summed E-state index contributed by atoms with van der Waals surface area (Å²) in [6.45, 7) is 0. The van der Waals surface area contributed by atoms with E-state index in [0.717, 1.165) is 0 Å². The molecule has 0 saturated heterocycles. The molecule has 1 spiro atoms. The Kier molecular flexibility index (Phi) is 0.665. The molecule has 11 heavy (non-hydrogen) atoms. The van der Waals surface area contributed by atoms with Crippen molar-refractivity contribution in [1.82, 2.24) is 0 Å². The molecule has 0 fully saturated rings. The van der Waals surface area contributed by atoms with Gasteiger partial charge in [-0.15, -0.1) is 0 Å². The summed E-state index contributed by atoms with van der Waals surface area (Å²) in [7, 11) is 0. The molecule has 0 amide bonds. The van der Waals surface area contributed by atoms with Gasteiger partial charge in [0.2, 0.25) is 0 Å². The maximum absolute atomic E-state index is 3.13. The van der Waals surface area contributed by atoms with Crippen molar-refractivity contribution in [3.8, 4) is 11.8 Å². The fourth-order valence-electron chi connectivity index (χ4n) is 1.59. The van der Waals surface area contributed by atoms with Crippen LogP contribution in [0.3, 0.4) is 0 Å². The van der Waals surface area contributed by atoms with Gasteiger partial charge in [-0.05, 0) is 17.2 Å². The number of allylic oxidation sites excluding steroid dienone is 1. The highest BCUT2D eigenvalue weighted by atomic mass is 14.4. The maximum atomic E-state index is 3.13. The molecule has 3 rings (SSSR count). The van der Waals surface area contributed by atoms with Crippen LogP contribution in [0, 0.1) is 11.8 Å². The third-order valence-corrected chi connectivity index (χ3v) is 2.29. The Morgan fingerprint density at radius 3 is 2.73 bits per heavy atom. The molecule has 0 N–H and O–H groups in total. The Morgan fingerprint density at radius 2 is 1.91 bits per heavy atom. The summed E-state index contributed by atoms with van der Waals surface area (Å²) < 4.78 is 0. The molecule has 1 aromatic rings. The van der Waals surface area contributed by atoms with E-state index in [2.05, 4.69) is 48.3 Å². The van der Waals surface area contributed by atoms with Crippen molar-refractivity contribution in [2.24, 2.45) is 0 Å². The van der Waals surface area contributed by atoms with Crippen molar-refractivity contribution in [3.05, 3.63) is 41.5 Å². The van der Waals surface area contributed by atoms with Gasteiger partial charge in [0.05, 0.1) is 0 Å². The number of rotatable bonds is 0. The van der Waals surface area contributed by atoms with E-state index in [9.17, 15) is 0 Å². The Balaban J connectivity index is 2.29. The molecule has 0 radical (unpaired) electrons. The average molecular weight is 138 g/mol. The number of benzene rings is 1. The zero-order chi connectivity index (χ0) is 7.31. The van der Waals surface area contributed by atoms with Crippen LogP contribution < -0.4 is 0 Å². The van der Waals surface area contributed by atoms with E-state index in [1.165, 1.54) is 11.1 Å². The van der Waals surface area contributed by atoms with Crippen LogP contribution in [0.4, 0.5) is 0 Å². The van der Waals surface area contributed by atoms with Gasteiger partial charge in [-0.2, -0.15) is 0 Å². The quantitative estimate of drug-likeness (QED) is 0.481. The van der Waals surface area contributed by atoms with Crippen molar-refractivity contribution in [3.63, 3.8) is 0 Å². The first-order chi connectivity index (χ1) is 5.41. The molecule has 0 aliphatic heterocycles. The predicted molar refractivity (Wildman–Crippen MR) is 44.9 cm³/mol. The van der Waals surface area contributed by atoms with Gasteiger partial charge in [-0.3, -0.25) is 0 Å². The molecule has 2 aliphatic rings. The molecular weight excluding hydrogens is 132 g/mol. The summed E-state index contributed by atoms with van der Waals surface area (Å²) in [5, 5.41) is 0. The summed E-state index contributed by atoms with van der Waals surface area (Å²) in [6.07, 6.45) is 4.29. The lowest BCUT2D eigenvalue weighted by molar-refractivity contribution is 1.04. The van der Waals surface area contributed by atoms with E-state index in [1.54, 1.807) is 0 Å².